The molecule has 3 rings (SSSR count). The first-order valence-corrected chi connectivity index (χ1v) is 9.22. The van der Waals surface area contributed by atoms with Crippen molar-refractivity contribution in [1.82, 2.24) is 4.31 Å². The van der Waals surface area contributed by atoms with Gasteiger partial charge in [0.2, 0.25) is 10.0 Å². The Morgan fingerprint density at radius 2 is 2.00 bits per heavy atom. The fraction of sp³-hybridized carbons (Fsp3) is 0.562. The Balaban J connectivity index is 2.00. The molecule has 1 aromatic carbocycles. The van der Waals surface area contributed by atoms with E-state index in [-0.39, 0.29) is 10.9 Å². The predicted molar refractivity (Wildman–Crippen MR) is 87.1 cm³/mol. The van der Waals surface area contributed by atoms with E-state index in [1.807, 2.05) is 25.9 Å². The summed E-state index contributed by atoms with van der Waals surface area (Å²) in [6.45, 7) is 1.94. The van der Waals surface area contributed by atoms with E-state index < -0.39 is 28.0 Å². The van der Waals surface area contributed by atoms with E-state index in [4.69, 9.17) is 0 Å². The highest BCUT2D eigenvalue weighted by molar-refractivity contribution is 7.89. The molecule has 0 spiro atoms. The van der Waals surface area contributed by atoms with Crippen LogP contribution >= 0.6 is 0 Å². The van der Waals surface area contributed by atoms with Gasteiger partial charge in [-0.05, 0) is 43.9 Å². The van der Waals surface area contributed by atoms with E-state index in [0.717, 1.165) is 17.7 Å². The Morgan fingerprint density at radius 1 is 1.30 bits per heavy atom. The monoisotopic (exact) mass is 338 g/mol. The zero-order valence-corrected chi connectivity index (χ0v) is 14.4. The van der Waals surface area contributed by atoms with Gasteiger partial charge in [0, 0.05) is 31.9 Å². The Kier molecular flexibility index (Phi) is 3.88. The zero-order valence-electron chi connectivity index (χ0n) is 13.6. The van der Waals surface area contributed by atoms with Crippen LogP contribution in [0.25, 0.3) is 0 Å². The summed E-state index contributed by atoms with van der Waals surface area (Å²) in [5, 5.41) is 9.31. The molecule has 1 N–H and O–H groups in total. The van der Waals surface area contributed by atoms with Gasteiger partial charge in [0.25, 0.3) is 0 Å². The molecule has 23 heavy (non-hydrogen) atoms. The van der Waals surface area contributed by atoms with Gasteiger partial charge in [0.15, 0.2) is 0 Å². The predicted octanol–water partition coefficient (Wildman–Crippen LogP) is 1.69. The van der Waals surface area contributed by atoms with Crippen molar-refractivity contribution in [2.45, 2.75) is 43.2 Å². The molecule has 0 aromatic heterocycles. The molecule has 2 aliphatic rings. The Hall–Kier alpha value is -1.60. The second kappa shape index (κ2) is 5.49. The summed E-state index contributed by atoms with van der Waals surface area (Å²) in [6.07, 6.45) is 1.80. The smallest absolute Gasteiger partial charge is 0.308 e. The molecule has 0 saturated carbocycles. The van der Waals surface area contributed by atoms with Gasteiger partial charge in [-0.2, -0.15) is 4.31 Å². The SMILES string of the molecule is Cc1ccc(S(=O)(=O)N2C3CCC2C(C(=O)O)C3)cc1N(C)C. The van der Waals surface area contributed by atoms with E-state index in [9.17, 15) is 18.3 Å². The molecule has 0 aliphatic carbocycles. The van der Waals surface area contributed by atoms with E-state index in [0.29, 0.717) is 12.8 Å². The molecule has 2 bridgehead atoms. The number of benzene rings is 1. The number of fused-ring (bicyclic) bond motifs is 2. The summed E-state index contributed by atoms with van der Waals surface area (Å²) in [5.74, 6) is -1.47. The summed E-state index contributed by atoms with van der Waals surface area (Å²) >= 11 is 0. The van der Waals surface area contributed by atoms with Crippen molar-refractivity contribution in [3.63, 3.8) is 0 Å². The molecular formula is C16H22N2O4S. The number of rotatable bonds is 4. The quantitative estimate of drug-likeness (QED) is 0.904. The average Bonchev–Trinajstić information content (AvgIpc) is 3.05. The molecular weight excluding hydrogens is 316 g/mol. The normalized spacial score (nSPS) is 27.3. The van der Waals surface area contributed by atoms with Crippen LogP contribution in [-0.4, -0.2) is 50.0 Å². The minimum Gasteiger partial charge on any atom is -0.481 e. The fourth-order valence-electron chi connectivity index (χ4n) is 3.93. The highest BCUT2D eigenvalue weighted by Crippen LogP contribution is 2.45. The number of hydrogen-bond donors (Lipinski definition) is 1. The lowest BCUT2D eigenvalue weighted by Crippen LogP contribution is -2.37. The van der Waals surface area contributed by atoms with Crippen LogP contribution in [0.5, 0.6) is 0 Å². The first-order valence-electron chi connectivity index (χ1n) is 7.78. The summed E-state index contributed by atoms with van der Waals surface area (Å²) < 4.78 is 27.6. The third-order valence-corrected chi connectivity index (χ3v) is 7.00. The maximum atomic E-state index is 13.1. The van der Waals surface area contributed by atoms with Gasteiger partial charge in [-0.15, -0.1) is 0 Å². The van der Waals surface area contributed by atoms with Crippen molar-refractivity contribution >= 4 is 21.7 Å². The van der Waals surface area contributed by atoms with Crippen molar-refractivity contribution in [2.24, 2.45) is 5.92 Å². The van der Waals surface area contributed by atoms with Gasteiger partial charge in [-0.1, -0.05) is 6.07 Å². The van der Waals surface area contributed by atoms with Gasteiger partial charge in [-0.25, -0.2) is 8.42 Å². The molecule has 2 heterocycles. The van der Waals surface area contributed by atoms with Crippen molar-refractivity contribution in [3.05, 3.63) is 23.8 Å². The second-order valence-corrected chi connectivity index (χ2v) is 8.50. The first kappa shape index (κ1) is 16.3. The van der Waals surface area contributed by atoms with Crippen LogP contribution in [-0.2, 0) is 14.8 Å². The topological polar surface area (TPSA) is 77.9 Å². The number of sulfonamides is 1. The Labute approximate surface area is 136 Å². The maximum absolute atomic E-state index is 13.1. The molecule has 0 radical (unpaired) electrons. The Bertz CT molecular complexity index is 744. The van der Waals surface area contributed by atoms with Gasteiger partial charge >= 0.3 is 5.97 Å². The van der Waals surface area contributed by atoms with E-state index in [1.54, 1.807) is 18.2 Å². The molecule has 7 heteroatoms. The summed E-state index contributed by atoms with van der Waals surface area (Å²) in [4.78, 5) is 13.5. The van der Waals surface area contributed by atoms with Crippen molar-refractivity contribution in [2.75, 3.05) is 19.0 Å². The number of carboxylic acids is 1. The van der Waals surface area contributed by atoms with E-state index in [2.05, 4.69) is 0 Å². The molecule has 6 nitrogen and oxygen atoms in total. The molecule has 126 valence electrons. The minimum atomic E-state index is -3.67. The van der Waals surface area contributed by atoms with Crippen LogP contribution in [0.3, 0.4) is 0 Å². The lowest BCUT2D eigenvalue weighted by atomic mass is 9.89. The molecule has 2 aliphatic heterocycles. The van der Waals surface area contributed by atoms with Crippen LogP contribution in [0.15, 0.2) is 23.1 Å². The van der Waals surface area contributed by atoms with Crippen molar-refractivity contribution < 1.29 is 18.3 Å². The molecule has 0 amide bonds. The maximum Gasteiger partial charge on any atom is 0.308 e. The summed E-state index contributed by atoms with van der Waals surface area (Å²) in [7, 11) is 0.0770. The van der Waals surface area contributed by atoms with Gasteiger partial charge in [-0.3, -0.25) is 4.79 Å². The summed E-state index contributed by atoms with van der Waals surface area (Å²) in [5.41, 5.74) is 1.86. The van der Waals surface area contributed by atoms with Gasteiger partial charge in [0.05, 0.1) is 10.8 Å². The molecule has 3 atom stereocenters. The summed E-state index contributed by atoms with van der Waals surface area (Å²) in [6, 6.07) is 4.50. The molecule has 1 aromatic rings. The van der Waals surface area contributed by atoms with Crippen LogP contribution < -0.4 is 4.90 Å². The minimum absolute atomic E-state index is 0.185. The van der Waals surface area contributed by atoms with Gasteiger partial charge in [0.1, 0.15) is 0 Å². The zero-order chi connectivity index (χ0) is 16.9. The number of hydrogen-bond acceptors (Lipinski definition) is 4. The van der Waals surface area contributed by atoms with Crippen molar-refractivity contribution in [3.8, 4) is 0 Å². The van der Waals surface area contributed by atoms with Crippen LogP contribution in [0.4, 0.5) is 5.69 Å². The number of nitrogens with zero attached hydrogens (tertiary/aromatic N) is 2. The third kappa shape index (κ3) is 2.52. The average molecular weight is 338 g/mol. The van der Waals surface area contributed by atoms with Crippen molar-refractivity contribution in [1.29, 1.82) is 0 Å². The molecule has 3 unspecified atom stereocenters. The highest BCUT2D eigenvalue weighted by Gasteiger charge is 2.54. The van der Waals surface area contributed by atoms with Crippen LogP contribution in [0, 0.1) is 12.8 Å². The van der Waals surface area contributed by atoms with E-state index >= 15 is 0 Å². The number of anilines is 1. The third-order valence-electron chi connectivity index (χ3n) is 5.03. The number of carboxylic acid groups (broad SMARTS) is 1. The lowest BCUT2D eigenvalue weighted by Gasteiger charge is -2.24. The highest BCUT2D eigenvalue weighted by atomic mass is 32.2. The first-order chi connectivity index (χ1) is 10.7. The Morgan fingerprint density at radius 3 is 2.57 bits per heavy atom. The number of carbonyl (C=O) groups is 1. The lowest BCUT2D eigenvalue weighted by molar-refractivity contribution is -0.142. The van der Waals surface area contributed by atoms with Crippen LogP contribution in [0.2, 0.25) is 0 Å². The van der Waals surface area contributed by atoms with Crippen LogP contribution in [0.1, 0.15) is 24.8 Å². The molecule has 2 saturated heterocycles. The van der Waals surface area contributed by atoms with E-state index in [1.165, 1.54) is 4.31 Å². The van der Waals surface area contributed by atoms with Gasteiger partial charge < -0.3 is 10.0 Å². The fourth-order valence-corrected chi connectivity index (χ4v) is 5.87. The molecule has 2 fully saturated rings. The second-order valence-electron chi connectivity index (χ2n) is 6.66. The number of aryl methyl sites for hydroxylation is 1. The number of aliphatic carboxylic acids is 1. The standard InChI is InChI=1S/C16H22N2O4S/c1-10-4-6-12(9-15(10)17(2)3)23(21,22)18-11-5-7-14(18)13(8-11)16(19)20/h4,6,9,11,13-14H,5,7-8H2,1-3H3,(H,19,20). The largest absolute Gasteiger partial charge is 0.481 e.